The fourth-order valence-electron chi connectivity index (χ4n) is 3.42. The van der Waals surface area contributed by atoms with E-state index < -0.39 is 0 Å². The van der Waals surface area contributed by atoms with E-state index in [9.17, 15) is 0 Å². The molecule has 0 amide bonds. The van der Waals surface area contributed by atoms with Crippen LogP contribution in [0, 0.1) is 0 Å². The van der Waals surface area contributed by atoms with Crippen LogP contribution < -0.4 is 9.47 Å². The van der Waals surface area contributed by atoms with Gasteiger partial charge in [-0.1, -0.05) is 72.8 Å². The Morgan fingerprint density at radius 1 is 0.577 bits per heavy atom. The van der Waals surface area contributed by atoms with Crippen LogP contribution in [0.2, 0.25) is 0 Å². The van der Waals surface area contributed by atoms with Gasteiger partial charge in [-0.15, -0.1) is 0 Å². The van der Waals surface area contributed by atoms with Gasteiger partial charge in [0.15, 0.2) is 11.5 Å². The van der Waals surface area contributed by atoms with Crippen molar-refractivity contribution in [1.29, 1.82) is 0 Å². The van der Waals surface area contributed by atoms with Crippen LogP contribution in [-0.2, 0) is 0 Å². The van der Waals surface area contributed by atoms with Gasteiger partial charge >= 0.3 is 0 Å². The summed E-state index contributed by atoms with van der Waals surface area (Å²) in [6.07, 6.45) is 0. The maximum atomic E-state index is 5.56. The van der Waals surface area contributed by atoms with E-state index in [1.165, 1.54) is 22.3 Å². The summed E-state index contributed by atoms with van der Waals surface area (Å²) in [7, 11) is 3.34. The van der Waals surface area contributed by atoms with Crippen molar-refractivity contribution in [3.63, 3.8) is 0 Å². The minimum atomic E-state index is 0.738. The molecule has 0 aliphatic heterocycles. The van der Waals surface area contributed by atoms with Gasteiger partial charge in [0.25, 0.3) is 0 Å². The third kappa shape index (κ3) is 2.80. The van der Waals surface area contributed by atoms with Gasteiger partial charge in [-0.05, 0) is 45.2 Å². The lowest BCUT2D eigenvalue weighted by Crippen LogP contribution is -1.93. The molecule has 2 heteroatoms. The first-order chi connectivity index (χ1) is 12.8. The molecule has 26 heavy (non-hydrogen) atoms. The van der Waals surface area contributed by atoms with Crippen molar-refractivity contribution in [2.45, 2.75) is 0 Å². The Bertz CT molecular complexity index is 1040. The zero-order chi connectivity index (χ0) is 17.9. The fourth-order valence-corrected chi connectivity index (χ4v) is 3.42. The van der Waals surface area contributed by atoms with Crippen LogP contribution in [0.4, 0.5) is 0 Å². The maximum absolute atomic E-state index is 5.56. The van der Waals surface area contributed by atoms with Gasteiger partial charge in [0.05, 0.1) is 14.2 Å². The van der Waals surface area contributed by atoms with E-state index in [0.717, 1.165) is 22.3 Å². The van der Waals surface area contributed by atoms with E-state index in [1.807, 2.05) is 18.2 Å². The Morgan fingerprint density at radius 3 is 1.77 bits per heavy atom. The van der Waals surface area contributed by atoms with Crippen molar-refractivity contribution in [2.24, 2.45) is 0 Å². The molecule has 0 aromatic heterocycles. The molecule has 0 aliphatic carbocycles. The van der Waals surface area contributed by atoms with Gasteiger partial charge in [-0.2, -0.15) is 0 Å². The van der Waals surface area contributed by atoms with E-state index in [4.69, 9.17) is 9.47 Å². The van der Waals surface area contributed by atoms with Gasteiger partial charge < -0.3 is 9.47 Å². The lowest BCUT2D eigenvalue weighted by molar-refractivity contribution is 0.356. The summed E-state index contributed by atoms with van der Waals surface area (Å²) >= 11 is 0. The number of benzene rings is 4. The van der Waals surface area contributed by atoms with Crippen molar-refractivity contribution >= 4 is 10.8 Å². The predicted octanol–water partition coefficient (Wildman–Crippen LogP) is 6.19. The van der Waals surface area contributed by atoms with Gasteiger partial charge in [0.1, 0.15) is 0 Å². The number of fused-ring (bicyclic) bond motifs is 1. The molecule has 0 bridgehead atoms. The normalized spacial score (nSPS) is 10.7. The average molecular weight is 340 g/mol. The average Bonchev–Trinajstić information content (AvgIpc) is 2.73. The molecule has 2 nitrogen and oxygen atoms in total. The van der Waals surface area contributed by atoms with Crippen molar-refractivity contribution in [2.75, 3.05) is 14.2 Å². The SMILES string of the molecule is COc1cc2ccc(-c3ccccc3)c(-c3ccccc3)c2cc1OC. The van der Waals surface area contributed by atoms with E-state index in [2.05, 4.69) is 66.7 Å². The molecule has 0 fully saturated rings. The summed E-state index contributed by atoms with van der Waals surface area (Å²) in [6.45, 7) is 0. The highest BCUT2D eigenvalue weighted by Crippen LogP contribution is 2.42. The molecule has 0 radical (unpaired) electrons. The topological polar surface area (TPSA) is 18.5 Å². The molecule has 0 aliphatic rings. The lowest BCUT2D eigenvalue weighted by atomic mass is 9.89. The van der Waals surface area contributed by atoms with Crippen molar-refractivity contribution < 1.29 is 9.47 Å². The third-order valence-corrected chi connectivity index (χ3v) is 4.67. The molecule has 0 saturated heterocycles. The minimum absolute atomic E-state index is 0.738. The first-order valence-electron chi connectivity index (χ1n) is 8.61. The molecule has 0 unspecified atom stereocenters. The lowest BCUT2D eigenvalue weighted by Gasteiger charge is -2.16. The summed E-state index contributed by atoms with van der Waals surface area (Å²) in [6, 6.07) is 29.4. The number of rotatable bonds is 4. The quantitative estimate of drug-likeness (QED) is 0.441. The molecule has 128 valence electrons. The molecule has 4 aromatic carbocycles. The number of hydrogen-bond acceptors (Lipinski definition) is 2. The second-order valence-electron chi connectivity index (χ2n) is 6.15. The van der Waals surface area contributed by atoms with Gasteiger partial charge in [-0.25, -0.2) is 0 Å². The molecule has 0 saturated carbocycles. The van der Waals surface area contributed by atoms with E-state index in [1.54, 1.807) is 14.2 Å². The zero-order valence-corrected chi connectivity index (χ0v) is 14.9. The summed E-state index contributed by atoms with van der Waals surface area (Å²) in [4.78, 5) is 0. The Labute approximate surface area is 153 Å². The Hall–Kier alpha value is -3.26. The smallest absolute Gasteiger partial charge is 0.161 e. The second kappa shape index (κ2) is 6.93. The van der Waals surface area contributed by atoms with Crippen LogP contribution in [-0.4, -0.2) is 14.2 Å². The first kappa shape index (κ1) is 16.2. The Morgan fingerprint density at radius 2 is 1.15 bits per heavy atom. The largest absolute Gasteiger partial charge is 0.493 e. The molecular weight excluding hydrogens is 320 g/mol. The van der Waals surface area contributed by atoms with Crippen LogP contribution in [0.3, 0.4) is 0 Å². The number of hydrogen-bond donors (Lipinski definition) is 0. The number of methoxy groups -OCH3 is 2. The predicted molar refractivity (Wildman–Crippen MR) is 108 cm³/mol. The fraction of sp³-hybridized carbons (Fsp3) is 0.0833. The van der Waals surface area contributed by atoms with Crippen LogP contribution in [0.25, 0.3) is 33.0 Å². The summed E-state index contributed by atoms with van der Waals surface area (Å²) in [5.74, 6) is 1.48. The first-order valence-corrected chi connectivity index (χ1v) is 8.61. The van der Waals surface area contributed by atoms with E-state index >= 15 is 0 Å². The highest BCUT2D eigenvalue weighted by atomic mass is 16.5. The molecule has 0 atom stereocenters. The van der Waals surface area contributed by atoms with Crippen molar-refractivity contribution in [1.82, 2.24) is 0 Å². The number of ether oxygens (including phenoxy) is 2. The van der Waals surface area contributed by atoms with Crippen molar-refractivity contribution in [3.05, 3.63) is 84.9 Å². The van der Waals surface area contributed by atoms with Crippen LogP contribution in [0.15, 0.2) is 84.9 Å². The van der Waals surface area contributed by atoms with Crippen LogP contribution in [0.1, 0.15) is 0 Å². The highest BCUT2D eigenvalue weighted by molar-refractivity contribution is 6.05. The second-order valence-corrected chi connectivity index (χ2v) is 6.15. The van der Waals surface area contributed by atoms with Crippen molar-refractivity contribution in [3.8, 4) is 33.8 Å². The summed E-state index contributed by atoms with van der Waals surface area (Å²) < 4.78 is 11.0. The van der Waals surface area contributed by atoms with Crippen LogP contribution in [0.5, 0.6) is 11.5 Å². The molecular formula is C24H20O2. The minimum Gasteiger partial charge on any atom is -0.493 e. The highest BCUT2D eigenvalue weighted by Gasteiger charge is 2.14. The Balaban J connectivity index is 2.09. The zero-order valence-electron chi connectivity index (χ0n) is 14.9. The molecule has 0 heterocycles. The molecule has 0 spiro atoms. The standard InChI is InChI=1S/C24H20O2/c1-25-22-15-19-13-14-20(17-9-5-3-6-10-17)24(18-11-7-4-8-12-18)21(19)16-23(22)26-2/h3-16H,1-2H3. The molecule has 0 N–H and O–H groups in total. The van der Waals surface area contributed by atoms with Crippen LogP contribution >= 0.6 is 0 Å². The summed E-state index contributed by atoms with van der Waals surface area (Å²) in [5, 5.41) is 2.27. The Kier molecular flexibility index (Phi) is 4.32. The molecule has 4 rings (SSSR count). The van der Waals surface area contributed by atoms with Gasteiger partial charge in [0, 0.05) is 0 Å². The van der Waals surface area contributed by atoms with Gasteiger partial charge in [0.2, 0.25) is 0 Å². The van der Waals surface area contributed by atoms with E-state index in [0.29, 0.717) is 0 Å². The molecule has 4 aromatic rings. The summed E-state index contributed by atoms with van der Waals surface area (Å²) in [5.41, 5.74) is 4.79. The third-order valence-electron chi connectivity index (χ3n) is 4.67. The maximum Gasteiger partial charge on any atom is 0.161 e. The van der Waals surface area contributed by atoms with E-state index in [-0.39, 0.29) is 0 Å². The van der Waals surface area contributed by atoms with Gasteiger partial charge in [-0.3, -0.25) is 0 Å². The monoisotopic (exact) mass is 340 g/mol.